The van der Waals surface area contributed by atoms with Crippen LogP contribution in [-0.2, 0) is 0 Å². The minimum atomic E-state index is -0.193. The summed E-state index contributed by atoms with van der Waals surface area (Å²) in [6, 6.07) is 9.61. The molecule has 0 fully saturated rings. The van der Waals surface area contributed by atoms with Gasteiger partial charge in [0.1, 0.15) is 0 Å². The zero-order valence-electron chi connectivity index (χ0n) is 10.7. The highest BCUT2D eigenvalue weighted by Gasteiger charge is 2.16. The summed E-state index contributed by atoms with van der Waals surface area (Å²) < 4.78 is 1.11. The topological polar surface area (TPSA) is 26.0 Å². The van der Waals surface area contributed by atoms with Crippen molar-refractivity contribution in [2.75, 3.05) is 0 Å². The summed E-state index contributed by atoms with van der Waals surface area (Å²) in [5, 5.41) is 1.48. The molecule has 0 heterocycles. The fourth-order valence-electron chi connectivity index (χ4n) is 2.06. The van der Waals surface area contributed by atoms with E-state index >= 15 is 0 Å². The van der Waals surface area contributed by atoms with Crippen molar-refractivity contribution in [1.82, 2.24) is 0 Å². The predicted molar refractivity (Wildman–Crippen MR) is 91.1 cm³/mol. The molecule has 0 aliphatic rings. The average Bonchev–Trinajstić information content (AvgIpc) is 2.36. The van der Waals surface area contributed by atoms with Crippen molar-refractivity contribution in [3.63, 3.8) is 0 Å². The van der Waals surface area contributed by atoms with Gasteiger partial charge in [-0.3, -0.25) is 0 Å². The maximum atomic E-state index is 6.40. The van der Waals surface area contributed by atoms with E-state index in [1.807, 2.05) is 38.1 Å². The molecule has 2 N–H and O–H groups in total. The van der Waals surface area contributed by atoms with Crippen molar-refractivity contribution in [3.8, 4) is 0 Å². The SMILES string of the molecule is Cc1cc(C(N)c2cc(Cl)ccc2I)c(C)cc1Cl. The van der Waals surface area contributed by atoms with E-state index in [2.05, 4.69) is 28.7 Å². The maximum Gasteiger partial charge on any atom is 0.0565 e. The number of hydrogen-bond donors (Lipinski definition) is 1. The Morgan fingerprint density at radius 3 is 2.37 bits per heavy atom. The van der Waals surface area contributed by atoms with Gasteiger partial charge in [0, 0.05) is 13.6 Å². The lowest BCUT2D eigenvalue weighted by atomic mass is 9.94. The third kappa shape index (κ3) is 3.24. The van der Waals surface area contributed by atoms with E-state index in [1.165, 1.54) is 0 Å². The minimum Gasteiger partial charge on any atom is -0.320 e. The van der Waals surface area contributed by atoms with Crippen LogP contribution in [0.15, 0.2) is 30.3 Å². The van der Waals surface area contributed by atoms with Gasteiger partial charge in [-0.05, 0) is 83.0 Å². The standard InChI is InChI=1S/C15H14Cl2IN/c1-8-6-13(17)9(2)5-11(8)15(19)12-7-10(16)3-4-14(12)18/h3-7,15H,19H2,1-2H3. The summed E-state index contributed by atoms with van der Waals surface area (Å²) in [5.74, 6) is 0. The highest BCUT2D eigenvalue weighted by molar-refractivity contribution is 14.1. The summed E-state index contributed by atoms with van der Waals surface area (Å²) in [5.41, 5.74) is 10.7. The van der Waals surface area contributed by atoms with Crippen LogP contribution < -0.4 is 5.73 Å². The molecule has 2 aromatic rings. The molecule has 0 amide bonds. The monoisotopic (exact) mass is 405 g/mol. The molecule has 2 rings (SSSR count). The Kier molecular flexibility index (Phi) is 4.77. The Hall–Kier alpha value is -0.290. The van der Waals surface area contributed by atoms with Gasteiger partial charge in [0.05, 0.1) is 6.04 Å². The fraction of sp³-hybridized carbons (Fsp3) is 0.200. The lowest BCUT2D eigenvalue weighted by molar-refractivity contribution is 0.854. The quantitative estimate of drug-likeness (QED) is 0.677. The molecule has 0 spiro atoms. The van der Waals surface area contributed by atoms with Crippen molar-refractivity contribution in [2.45, 2.75) is 19.9 Å². The maximum absolute atomic E-state index is 6.40. The first-order valence-corrected chi connectivity index (χ1v) is 7.71. The molecule has 4 heteroatoms. The highest BCUT2D eigenvalue weighted by Crippen LogP contribution is 2.31. The Morgan fingerprint density at radius 1 is 1.00 bits per heavy atom. The molecular formula is C15H14Cl2IN. The van der Waals surface area contributed by atoms with Gasteiger partial charge in [0.15, 0.2) is 0 Å². The van der Waals surface area contributed by atoms with E-state index < -0.39 is 0 Å². The molecule has 0 aromatic heterocycles. The zero-order valence-corrected chi connectivity index (χ0v) is 14.3. The third-order valence-corrected chi connectivity index (χ3v) is 4.80. The van der Waals surface area contributed by atoms with E-state index in [0.29, 0.717) is 5.02 Å². The third-order valence-electron chi connectivity index (χ3n) is 3.18. The van der Waals surface area contributed by atoms with Crippen molar-refractivity contribution in [2.24, 2.45) is 5.73 Å². The first-order chi connectivity index (χ1) is 8.90. The van der Waals surface area contributed by atoms with Crippen LogP contribution in [0.1, 0.15) is 28.3 Å². The number of aryl methyl sites for hydroxylation is 2. The summed E-state index contributed by atoms with van der Waals surface area (Å²) in [4.78, 5) is 0. The molecule has 0 aliphatic carbocycles. The van der Waals surface area contributed by atoms with Crippen LogP contribution in [0.5, 0.6) is 0 Å². The molecule has 1 nitrogen and oxygen atoms in total. The van der Waals surface area contributed by atoms with Gasteiger partial charge in [-0.2, -0.15) is 0 Å². The largest absolute Gasteiger partial charge is 0.320 e. The Bertz CT molecular complexity index is 626. The van der Waals surface area contributed by atoms with Gasteiger partial charge in [-0.25, -0.2) is 0 Å². The van der Waals surface area contributed by atoms with Gasteiger partial charge >= 0.3 is 0 Å². The van der Waals surface area contributed by atoms with Crippen LogP contribution in [-0.4, -0.2) is 0 Å². The van der Waals surface area contributed by atoms with Crippen molar-refractivity contribution in [1.29, 1.82) is 0 Å². The van der Waals surface area contributed by atoms with E-state index in [4.69, 9.17) is 28.9 Å². The summed E-state index contributed by atoms with van der Waals surface area (Å²) >= 11 is 14.5. The van der Waals surface area contributed by atoms with Crippen LogP contribution in [0.2, 0.25) is 10.0 Å². The van der Waals surface area contributed by atoms with Crippen molar-refractivity contribution in [3.05, 3.63) is 66.2 Å². The van der Waals surface area contributed by atoms with E-state index in [0.717, 1.165) is 30.8 Å². The van der Waals surface area contributed by atoms with Gasteiger partial charge in [-0.1, -0.05) is 29.3 Å². The van der Waals surface area contributed by atoms with Crippen LogP contribution in [0.4, 0.5) is 0 Å². The van der Waals surface area contributed by atoms with Gasteiger partial charge < -0.3 is 5.73 Å². The van der Waals surface area contributed by atoms with E-state index in [9.17, 15) is 0 Å². The van der Waals surface area contributed by atoms with Gasteiger partial charge in [-0.15, -0.1) is 0 Å². The number of hydrogen-bond acceptors (Lipinski definition) is 1. The number of nitrogens with two attached hydrogens (primary N) is 1. The van der Waals surface area contributed by atoms with Crippen LogP contribution in [0.25, 0.3) is 0 Å². The van der Waals surface area contributed by atoms with Crippen LogP contribution >= 0.6 is 45.8 Å². The first kappa shape index (κ1) is 15.1. The second kappa shape index (κ2) is 6.00. The Balaban J connectivity index is 2.52. The van der Waals surface area contributed by atoms with Crippen molar-refractivity contribution >= 4 is 45.8 Å². The van der Waals surface area contributed by atoms with Crippen LogP contribution in [0, 0.1) is 17.4 Å². The second-order valence-electron chi connectivity index (χ2n) is 4.60. The van der Waals surface area contributed by atoms with Gasteiger partial charge in [0.25, 0.3) is 0 Å². The molecule has 19 heavy (non-hydrogen) atoms. The molecule has 0 bridgehead atoms. The summed E-state index contributed by atoms with van der Waals surface area (Å²) in [6.07, 6.45) is 0. The molecule has 100 valence electrons. The average molecular weight is 406 g/mol. The number of benzene rings is 2. The molecule has 2 aromatic carbocycles. The number of halogens is 3. The lowest BCUT2D eigenvalue weighted by Gasteiger charge is -2.18. The smallest absolute Gasteiger partial charge is 0.0565 e. The van der Waals surface area contributed by atoms with Crippen LogP contribution in [0.3, 0.4) is 0 Å². The first-order valence-electron chi connectivity index (χ1n) is 5.87. The predicted octanol–water partition coefficient (Wildman–Crippen LogP) is 5.26. The highest BCUT2D eigenvalue weighted by atomic mass is 127. The Morgan fingerprint density at radius 2 is 1.68 bits per heavy atom. The summed E-state index contributed by atoms with van der Waals surface area (Å²) in [6.45, 7) is 4.01. The lowest BCUT2D eigenvalue weighted by Crippen LogP contribution is -2.15. The molecule has 0 aliphatic heterocycles. The Labute approximate surface area is 137 Å². The summed E-state index contributed by atoms with van der Waals surface area (Å²) in [7, 11) is 0. The van der Waals surface area contributed by atoms with E-state index in [-0.39, 0.29) is 6.04 Å². The molecule has 0 radical (unpaired) electrons. The van der Waals surface area contributed by atoms with Crippen molar-refractivity contribution < 1.29 is 0 Å². The molecule has 1 atom stereocenters. The van der Waals surface area contributed by atoms with E-state index in [1.54, 1.807) is 0 Å². The number of rotatable bonds is 2. The second-order valence-corrected chi connectivity index (χ2v) is 6.61. The zero-order chi connectivity index (χ0) is 14.2. The minimum absolute atomic E-state index is 0.193. The normalized spacial score (nSPS) is 12.5. The molecule has 1 unspecified atom stereocenters. The van der Waals surface area contributed by atoms with Gasteiger partial charge in [0.2, 0.25) is 0 Å². The fourth-order valence-corrected chi connectivity index (χ4v) is 3.13. The molecule has 0 saturated carbocycles. The molecule has 0 saturated heterocycles. The molecular weight excluding hydrogens is 392 g/mol.